The highest BCUT2D eigenvalue weighted by molar-refractivity contribution is 6.26. The fraction of sp³-hybridized carbons (Fsp3) is 0.0625. The second-order valence-electron chi connectivity index (χ2n) is 4.58. The second kappa shape index (κ2) is 3.48. The van der Waals surface area contributed by atoms with E-state index >= 15 is 0 Å². The Balaban J connectivity index is 2.08. The van der Waals surface area contributed by atoms with Gasteiger partial charge in [-0.3, -0.25) is 9.36 Å². The highest BCUT2D eigenvalue weighted by atomic mass is 16.5. The number of rotatable bonds is 2. The van der Waals surface area contributed by atoms with Crippen LogP contribution in [0.25, 0.3) is 22.2 Å². The van der Waals surface area contributed by atoms with Gasteiger partial charge in [0.05, 0.1) is 23.9 Å². The van der Waals surface area contributed by atoms with Crippen molar-refractivity contribution in [2.45, 2.75) is 0 Å². The number of hydrogen-bond acceptors (Lipinski definition) is 2. The number of fused-ring (bicyclic) bond motifs is 5. The van der Waals surface area contributed by atoms with Crippen LogP contribution >= 0.6 is 0 Å². The molecule has 4 rings (SSSR count). The van der Waals surface area contributed by atoms with E-state index in [-0.39, 0.29) is 5.91 Å². The molecule has 92 valence electrons. The van der Waals surface area contributed by atoms with Crippen molar-refractivity contribution < 1.29 is 9.53 Å². The molecule has 19 heavy (non-hydrogen) atoms. The van der Waals surface area contributed by atoms with Crippen molar-refractivity contribution in [1.82, 2.24) is 4.57 Å². The Labute approximate surface area is 110 Å². The molecule has 0 atom stereocenters. The molecular formula is C16H11NO2. The Morgan fingerprint density at radius 1 is 1.00 bits per heavy atom. The molecule has 0 unspecified atom stereocenters. The number of benzene rings is 2. The monoisotopic (exact) mass is 249 g/mol. The molecule has 0 spiro atoms. The molecule has 0 saturated heterocycles. The van der Waals surface area contributed by atoms with Crippen LogP contribution in [0.2, 0.25) is 0 Å². The van der Waals surface area contributed by atoms with Crippen molar-refractivity contribution >= 4 is 16.8 Å². The van der Waals surface area contributed by atoms with Gasteiger partial charge in [0, 0.05) is 10.9 Å². The third-order valence-corrected chi connectivity index (χ3v) is 3.65. The molecule has 0 amide bonds. The van der Waals surface area contributed by atoms with Gasteiger partial charge in [0.15, 0.2) is 0 Å². The molecule has 2 bridgehead atoms. The van der Waals surface area contributed by atoms with E-state index in [1.165, 1.54) is 0 Å². The van der Waals surface area contributed by atoms with Crippen molar-refractivity contribution in [3.8, 4) is 17.0 Å². The summed E-state index contributed by atoms with van der Waals surface area (Å²) >= 11 is 0. The van der Waals surface area contributed by atoms with Crippen molar-refractivity contribution in [2.24, 2.45) is 0 Å². The summed E-state index contributed by atoms with van der Waals surface area (Å²) in [5.41, 5.74) is 3.71. The minimum atomic E-state index is 0.0853. The van der Waals surface area contributed by atoms with Crippen LogP contribution in [0.5, 0.6) is 5.75 Å². The summed E-state index contributed by atoms with van der Waals surface area (Å²) in [7, 11) is 1.65. The summed E-state index contributed by atoms with van der Waals surface area (Å²) in [6.07, 6.45) is 0. The van der Waals surface area contributed by atoms with Gasteiger partial charge in [-0.25, -0.2) is 0 Å². The van der Waals surface area contributed by atoms with Crippen LogP contribution in [0.15, 0.2) is 48.5 Å². The van der Waals surface area contributed by atoms with E-state index < -0.39 is 0 Å². The lowest BCUT2D eigenvalue weighted by Crippen LogP contribution is -2.21. The number of para-hydroxylation sites is 2. The van der Waals surface area contributed by atoms with Crippen molar-refractivity contribution in [2.75, 3.05) is 7.11 Å². The van der Waals surface area contributed by atoms with Crippen LogP contribution < -0.4 is 4.74 Å². The summed E-state index contributed by atoms with van der Waals surface area (Å²) in [5, 5.41) is 1.02. The Hall–Kier alpha value is -2.55. The standard InChI is InChI=1S/C16H11NO2/c1-19-13-9-5-3-7-11(13)15-14-10-6-2-4-8-12(10)17(15)16(14)18/h2-9H,1H3. The number of carbonyl (C=O) groups excluding carboxylic acids is 1. The topological polar surface area (TPSA) is 31.2 Å². The van der Waals surface area contributed by atoms with Crippen molar-refractivity contribution in [3.05, 3.63) is 54.1 Å². The average Bonchev–Trinajstić information content (AvgIpc) is 2.95. The van der Waals surface area contributed by atoms with Gasteiger partial charge in [-0.15, -0.1) is 0 Å². The molecule has 2 aromatic carbocycles. The van der Waals surface area contributed by atoms with E-state index in [9.17, 15) is 4.79 Å². The fourth-order valence-electron chi connectivity index (χ4n) is 2.82. The highest BCUT2D eigenvalue weighted by Crippen LogP contribution is 2.44. The number of nitrogens with zero attached hydrogens (tertiary/aromatic N) is 1. The zero-order valence-electron chi connectivity index (χ0n) is 10.4. The maximum absolute atomic E-state index is 12.1. The molecule has 2 heterocycles. The van der Waals surface area contributed by atoms with Gasteiger partial charge in [0.25, 0.3) is 5.91 Å². The van der Waals surface area contributed by atoms with E-state index in [2.05, 4.69) is 0 Å². The molecule has 0 radical (unpaired) electrons. The zero-order valence-corrected chi connectivity index (χ0v) is 10.4. The molecule has 3 nitrogen and oxygen atoms in total. The quantitative estimate of drug-likeness (QED) is 0.545. The van der Waals surface area contributed by atoms with Crippen LogP contribution in [0.1, 0.15) is 10.4 Å². The van der Waals surface area contributed by atoms with Gasteiger partial charge in [-0.2, -0.15) is 0 Å². The summed E-state index contributed by atoms with van der Waals surface area (Å²) < 4.78 is 7.15. The number of carbonyl (C=O) groups is 1. The minimum Gasteiger partial charge on any atom is -0.496 e. The Bertz CT molecular complexity index is 787. The highest BCUT2D eigenvalue weighted by Gasteiger charge is 2.36. The lowest BCUT2D eigenvalue weighted by Gasteiger charge is -2.19. The first-order valence-electron chi connectivity index (χ1n) is 6.14. The fourth-order valence-corrected chi connectivity index (χ4v) is 2.82. The number of aromatic nitrogens is 1. The van der Waals surface area contributed by atoms with Crippen LogP contribution in [0.3, 0.4) is 0 Å². The molecular weight excluding hydrogens is 238 g/mol. The zero-order chi connectivity index (χ0) is 13.0. The maximum Gasteiger partial charge on any atom is 0.265 e. The summed E-state index contributed by atoms with van der Waals surface area (Å²) in [6, 6.07) is 15.7. The maximum atomic E-state index is 12.1. The van der Waals surface area contributed by atoms with Gasteiger partial charge in [-0.05, 0) is 18.2 Å². The third-order valence-electron chi connectivity index (χ3n) is 3.65. The Morgan fingerprint density at radius 3 is 2.53 bits per heavy atom. The molecule has 1 aromatic heterocycles. The first-order chi connectivity index (χ1) is 9.33. The van der Waals surface area contributed by atoms with Crippen LogP contribution in [-0.4, -0.2) is 17.6 Å². The molecule has 1 aliphatic heterocycles. The molecule has 0 fully saturated rings. The van der Waals surface area contributed by atoms with Gasteiger partial charge >= 0.3 is 0 Å². The van der Waals surface area contributed by atoms with Gasteiger partial charge in [0.1, 0.15) is 5.75 Å². The van der Waals surface area contributed by atoms with Crippen LogP contribution in [-0.2, 0) is 0 Å². The minimum absolute atomic E-state index is 0.0853. The smallest absolute Gasteiger partial charge is 0.265 e. The first-order valence-corrected chi connectivity index (χ1v) is 6.14. The van der Waals surface area contributed by atoms with E-state index in [0.717, 1.165) is 33.5 Å². The summed E-state index contributed by atoms with van der Waals surface area (Å²) in [4.78, 5) is 12.1. The predicted molar refractivity (Wildman–Crippen MR) is 73.7 cm³/mol. The van der Waals surface area contributed by atoms with Crippen molar-refractivity contribution in [3.63, 3.8) is 0 Å². The molecule has 3 heteroatoms. The van der Waals surface area contributed by atoms with E-state index in [0.29, 0.717) is 0 Å². The SMILES string of the molecule is COc1ccccc1-c1c2c3ccccc3n1C2=O. The predicted octanol–water partition coefficient (Wildman–Crippen LogP) is 3.32. The molecule has 0 aliphatic carbocycles. The molecule has 1 aliphatic rings. The van der Waals surface area contributed by atoms with Gasteiger partial charge in [0.2, 0.25) is 0 Å². The summed E-state index contributed by atoms with van der Waals surface area (Å²) in [6.45, 7) is 0. The Kier molecular flexibility index (Phi) is 1.90. The van der Waals surface area contributed by atoms with Crippen LogP contribution in [0.4, 0.5) is 0 Å². The number of ether oxygens (including phenoxy) is 1. The second-order valence-corrected chi connectivity index (χ2v) is 4.58. The summed E-state index contributed by atoms with van der Waals surface area (Å²) in [5.74, 6) is 0.877. The van der Waals surface area contributed by atoms with Crippen LogP contribution in [0, 0.1) is 0 Å². The van der Waals surface area contributed by atoms with Crippen molar-refractivity contribution in [1.29, 1.82) is 0 Å². The third kappa shape index (κ3) is 1.14. The number of hydrogen-bond donors (Lipinski definition) is 0. The Morgan fingerprint density at radius 2 is 1.74 bits per heavy atom. The van der Waals surface area contributed by atoms with E-state index in [1.54, 1.807) is 11.7 Å². The van der Waals surface area contributed by atoms with E-state index in [1.807, 2.05) is 48.5 Å². The van der Waals surface area contributed by atoms with Gasteiger partial charge in [-0.1, -0.05) is 30.3 Å². The molecule has 3 aromatic rings. The lowest BCUT2D eigenvalue weighted by atomic mass is 10.00. The van der Waals surface area contributed by atoms with E-state index in [4.69, 9.17) is 4.74 Å². The molecule has 0 saturated carbocycles. The number of methoxy groups -OCH3 is 1. The lowest BCUT2D eigenvalue weighted by molar-refractivity contribution is 0.0951. The molecule has 0 N–H and O–H groups in total. The average molecular weight is 249 g/mol. The first kappa shape index (κ1) is 10.4. The largest absolute Gasteiger partial charge is 0.496 e. The normalized spacial score (nSPS) is 12.6. The van der Waals surface area contributed by atoms with Gasteiger partial charge < -0.3 is 4.74 Å².